The van der Waals surface area contributed by atoms with E-state index in [0.717, 1.165) is 18.3 Å². The van der Waals surface area contributed by atoms with E-state index in [9.17, 15) is 4.79 Å². The number of allylic oxidation sites excluding steroid dienone is 2. The summed E-state index contributed by atoms with van der Waals surface area (Å²) in [5, 5.41) is 3.69. The molecule has 5 rings (SSSR count). The van der Waals surface area contributed by atoms with Gasteiger partial charge in [-0.05, 0) is 115 Å². The van der Waals surface area contributed by atoms with E-state index in [1.165, 1.54) is 56.9 Å². The van der Waals surface area contributed by atoms with Gasteiger partial charge in [0.1, 0.15) is 0 Å². The summed E-state index contributed by atoms with van der Waals surface area (Å²) in [4.78, 5) is 13.2. The molecule has 1 unspecified atom stereocenters. The fraction of sp³-hybridized carbons (Fsp3) is 0.903. The van der Waals surface area contributed by atoms with E-state index in [1.54, 1.807) is 5.57 Å². The van der Waals surface area contributed by atoms with Crippen LogP contribution in [0, 0.1) is 50.7 Å². The van der Waals surface area contributed by atoms with Crippen molar-refractivity contribution >= 4 is 5.78 Å². The third-order valence-electron chi connectivity index (χ3n) is 13.2. The van der Waals surface area contributed by atoms with Crippen LogP contribution in [-0.4, -0.2) is 18.9 Å². The first kappa shape index (κ1) is 24.1. The number of hydrogen-bond donors (Lipinski definition) is 1. The fourth-order valence-corrected chi connectivity index (χ4v) is 11.4. The van der Waals surface area contributed by atoms with Crippen molar-refractivity contribution in [2.75, 3.05) is 7.05 Å². The van der Waals surface area contributed by atoms with Crippen molar-refractivity contribution < 1.29 is 4.79 Å². The van der Waals surface area contributed by atoms with Crippen LogP contribution < -0.4 is 5.32 Å². The highest BCUT2D eigenvalue weighted by atomic mass is 16.1. The van der Waals surface area contributed by atoms with E-state index in [0.29, 0.717) is 45.3 Å². The van der Waals surface area contributed by atoms with Gasteiger partial charge in [-0.15, -0.1) is 0 Å². The van der Waals surface area contributed by atoms with E-state index < -0.39 is 0 Å². The van der Waals surface area contributed by atoms with Gasteiger partial charge in [-0.3, -0.25) is 4.79 Å². The van der Waals surface area contributed by atoms with Crippen LogP contribution in [0.5, 0.6) is 0 Å². The Hall–Kier alpha value is -0.630. The van der Waals surface area contributed by atoms with Gasteiger partial charge in [0.2, 0.25) is 0 Å². The van der Waals surface area contributed by atoms with Crippen LogP contribution in [0.15, 0.2) is 11.1 Å². The van der Waals surface area contributed by atoms with Crippen molar-refractivity contribution in [3.63, 3.8) is 0 Å². The molecule has 0 saturated heterocycles. The topological polar surface area (TPSA) is 29.1 Å². The number of ketones is 1. The molecule has 0 aliphatic heterocycles. The molecule has 0 bridgehead atoms. The van der Waals surface area contributed by atoms with Gasteiger partial charge in [0.25, 0.3) is 0 Å². The molecule has 5 aliphatic carbocycles. The van der Waals surface area contributed by atoms with Gasteiger partial charge in [0.15, 0.2) is 5.78 Å². The van der Waals surface area contributed by atoms with Crippen molar-refractivity contribution in [1.29, 1.82) is 0 Å². The second kappa shape index (κ2) is 7.21. The molecule has 0 heterocycles. The van der Waals surface area contributed by atoms with Crippen molar-refractivity contribution in [2.24, 2.45) is 50.7 Å². The molecule has 4 saturated carbocycles. The third-order valence-corrected chi connectivity index (χ3v) is 13.2. The summed E-state index contributed by atoms with van der Waals surface area (Å²) in [5.41, 5.74) is 4.52. The van der Waals surface area contributed by atoms with Gasteiger partial charge in [-0.25, -0.2) is 0 Å². The standard InChI is InChI=1S/C31H51NO/c1-19(2)25-21(33)18-28(5)16-17-30(7)20(26(25)28)10-11-23-29(6)14-13-24(32-9)27(3,4)22(29)12-15-31(23,30)8/h19-20,22-24,32H,10-18H2,1-9H3/t20-,22+,23-,24?,28+,29+,30-,31-/m1/s1. The summed E-state index contributed by atoms with van der Waals surface area (Å²) in [5.74, 6) is 3.08. The first-order valence-electron chi connectivity index (χ1n) is 14.2. The number of carbonyl (C=O) groups is 1. The lowest BCUT2D eigenvalue weighted by molar-refractivity contribution is -0.215. The average molecular weight is 454 g/mol. The van der Waals surface area contributed by atoms with Crippen LogP contribution in [0.2, 0.25) is 0 Å². The molecule has 2 nitrogen and oxygen atoms in total. The van der Waals surface area contributed by atoms with E-state index >= 15 is 0 Å². The molecule has 4 fully saturated rings. The van der Waals surface area contributed by atoms with Crippen LogP contribution in [0.1, 0.15) is 113 Å². The van der Waals surface area contributed by atoms with Gasteiger partial charge in [-0.2, -0.15) is 0 Å². The normalized spacial score (nSPS) is 51.2. The minimum atomic E-state index is 0.137. The number of fused-ring (bicyclic) bond motifs is 7. The molecule has 0 aromatic carbocycles. The molecule has 33 heavy (non-hydrogen) atoms. The van der Waals surface area contributed by atoms with E-state index in [-0.39, 0.29) is 5.41 Å². The lowest BCUT2D eigenvalue weighted by atomic mass is 9.33. The molecule has 186 valence electrons. The van der Waals surface area contributed by atoms with E-state index in [1.807, 2.05) is 0 Å². The summed E-state index contributed by atoms with van der Waals surface area (Å²) in [6, 6.07) is 0.644. The van der Waals surface area contributed by atoms with Crippen molar-refractivity contribution in [3.8, 4) is 0 Å². The Bertz CT molecular complexity index is 883. The second-order valence-electron chi connectivity index (χ2n) is 15.0. The maximum absolute atomic E-state index is 13.2. The molecule has 0 radical (unpaired) electrons. The molecule has 5 aliphatic rings. The highest BCUT2D eigenvalue weighted by Crippen LogP contribution is 2.76. The number of rotatable bonds is 2. The van der Waals surface area contributed by atoms with Gasteiger partial charge >= 0.3 is 0 Å². The Morgan fingerprint density at radius 3 is 2.15 bits per heavy atom. The molecule has 2 heteroatoms. The van der Waals surface area contributed by atoms with Gasteiger partial charge < -0.3 is 5.32 Å². The monoisotopic (exact) mass is 453 g/mol. The van der Waals surface area contributed by atoms with Crippen molar-refractivity contribution in [2.45, 2.75) is 119 Å². The summed E-state index contributed by atoms with van der Waals surface area (Å²) < 4.78 is 0. The zero-order chi connectivity index (χ0) is 24.2. The zero-order valence-electron chi connectivity index (χ0n) is 23.2. The largest absolute Gasteiger partial charge is 0.316 e. The highest BCUT2D eigenvalue weighted by molar-refractivity contribution is 6.00. The summed E-state index contributed by atoms with van der Waals surface area (Å²) in [6.45, 7) is 20.2. The predicted molar refractivity (Wildman–Crippen MR) is 138 cm³/mol. The van der Waals surface area contributed by atoms with Crippen LogP contribution in [0.3, 0.4) is 0 Å². The summed E-state index contributed by atoms with van der Waals surface area (Å²) in [7, 11) is 2.18. The average Bonchev–Trinajstić information content (AvgIpc) is 2.99. The van der Waals surface area contributed by atoms with Crippen LogP contribution in [-0.2, 0) is 4.79 Å². The lowest BCUT2D eigenvalue weighted by Gasteiger charge is -2.72. The molecule has 0 aromatic rings. The maximum Gasteiger partial charge on any atom is 0.159 e. The number of Topliss-reactive ketones (excluding diaryl/α,β-unsaturated/α-hetero) is 1. The SMILES string of the molecule is CNC1CC[C@]2(C)[C@H]3CC[C@@H]4C5=C(C(C)C)C(=O)C[C@]5(C)CC[C@@]4(C)[C@]3(C)CC[C@H]2C1(C)C. The number of hydrogen-bond acceptors (Lipinski definition) is 2. The van der Waals surface area contributed by atoms with Crippen LogP contribution >= 0.6 is 0 Å². The third kappa shape index (κ3) is 2.85. The Kier molecular flexibility index (Phi) is 5.26. The summed E-state index contributed by atoms with van der Waals surface area (Å²) >= 11 is 0. The van der Waals surface area contributed by atoms with Gasteiger partial charge in [0, 0.05) is 12.5 Å². The molecule has 0 amide bonds. The Morgan fingerprint density at radius 2 is 1.52 bits per heavy atom. The van der Waals surface area contributed by atoms with E-state index in [2.05, 4.69) is 67.8 Å². The minimum Gasteiger partial charge on any atom is -0.316 e. The van der Waals surface area contributed by atoms with E-state index in [4.69, 9.17) is 0 Å². The first-order valence-corrected chi connectivity index (χ1v) is 14.2. The maximum atomic E-state index is 13.2. The highest BCUT2D eigenvalue weighted by Gasteiger charge is 2.69. The Balaban J connectivity index is 1.58. The Labute approximate surface area is 204 Å². The fourth-order valence-electron chi connectivity index (χ4n) is 11.4. The van der Waals surface area contributed by atoms with Crippen LogP contribution in [0.25, 0.3) is 0 Å². The molecule has 0 aromatic heterocycles. The molecule has 1 N–H and O–H groups in total. The zero-order valence-corrected chi connectivity index (χ0v) is 23.2. The molecule has 8 atom stereocenters. The lowest BCUT2D eigenvalue weighted by Crippen LogP contribution is -2.66. The summed E-state index contributed by atoms with van der Waals surface area (Å²) in [6.07, 6.45) is 11.4. The predicted octanol–water partition coefficient (Wildman–Crippen LogP) is 7.58. The van der Waals surface area contributed by atoms with Gasteiger partial charge in [0.05, 0.1) is 0 Å². The smallest absolute Gasteiger partial charge is 0.159 e. The van der Waals surface area contributed by atoms with Crippen molar-refractivity contribution in [3.05, 3.63) is 11.1 Å². The van der Waals surface area contributed by atoms with Crippen molar-refractivity contribution in [1.82, 2.24) is 5.32 Å². The molecular weight excluding hydrogens is 402 g/mol. The Morgan fingerprint density at radius 1 is 0.818 bits per heavy atom. The number of carbonyl (C=O) groups excluding carboxylic acids is 1. The number of nitrogens with one attached hydrogen (secondary N) is 1. The minimum absolute atomic E-state index is 0.137. The quantitative estimate of drug-likeness (QED) is 0.467. The second-order valence-corrected chi connectivity index (χ2v) is 15.0. The van der Waals surface area contributed by atoms with Crippen LogP contribution in [0.4, 0.5) is 0 Å². The first-order chi connectivity index (χ1) is 15.3. The molecular formula is C31H51NO. The van der Waals surface area contributed by atoms with Gasteiger partial charge in [-0.1, -0.05) is 61.0 Å². The molecule has 0 spiro atoms.